The van der Waals surface area contributed by atoms with Crippen LogP contribution >= 0.6 is 0 Å². The molecule has 1 heterocycles. The van der Waals surface area contributed by atoms with Gasteiger partial charge < -0.3 is 10.7 Å². The molecule has 0 bridgehead atoms. The van der Waals surface area contributed by atoms with Crippen LogP contribution in [-0.4, -0.2) is 32.4 Å². The second-order valence-electron chi connectivity index (χ2n) is 4.48. The number of nitrogen functional groups attached to an aromatic ring is 1. The summed E-state index contributed by atoms with van der Waals surface area (Å²) in [6, 6.07) is 1.46. The molecular formula is C11H17N5O3S. The summed E-state index contributed by atoms with van der Waals surface area (Å²) in [5.74, 6) is 5.35. The summed E-state index contributed by atoms with van der Waals surface area (Å²) in [7, 11) is -3.71. The normalized spacial score (nSPS) is 14.8. The number of rotatable bonds is 7. The first-order valence-corrected chi connectivity index (χ1v) is 7.71. The fraction of sp³-hybridized carbons (Fsp3) is 0.455. The van der Waals surface area contributed by atoms with E-state index >= 15 is 0 Å². The Bertz CT molecular complexity index is 585. The molecule has 0 aromatic carbocycles. The van der Waals surface area contributed by atoms with Crippen molar-refractivity contribution in [1.29, 1.82) is 0 Å². The Morgan fingerprint density at radius 3 is 2.80 bits per heavy atom. The van der Waals surface area contributed by atoms with Crippen molar-refractivity contribution in [3.8, 4) is 0 Å². The number of amides is 1. The zero-order valence-corrected chi connectivity index (χ0v) is 11.6. The van der Waals surface area contributed by atoms with Crippen LogP contribution in [0.25, 0.3) is 0 Å². The Kier molecular flexibility index (Phi) is 4.53. The minimum atomic E-state index is -3.71. The Morgan fingerprint density at radius 1 is 1.40 bits per heavy atom. The Labute approximate surface area is 117 Å². The lowest BCUT2D eigenvalue weighted by Crippen LogP contribution is -2.35. The molecule has 1 saturated carbocycles. The highest BCUT2D eigenvalue weighted by molar-refractivity contribution is 7.89. The molecule has 0 saturated heterocycles. The van der Waals surface area contributed by atoms with Gasteiger partial charge in [0.2, 0.25) is 15.9 Å². The minimum Gasteiger partial charge on any atom is -0.355 e. The van der Waals surface area contributed by atoms with Gasteiger partial charge in [-0.2, -0.15) is 0 Å². The first-order valence-electron chi connectivity index (χ1n) is 6.22. The summed E-state index contributed by atoms with van der Waals surface area (Å²) < 4.78 is 26.5. The Morgan fingerprint density at radius 2 is 2.15 bits per heavy atom. The van der Waals surface area contributed by atoms with E-state index in [1.165, 1.54) is 18.5 Å². The summed E-state index contributed by atoms with van der Waals surface area (Å²) in [6.07, 6.45) is 4.47. The largest absolute Gasteiger partial charge is 0.355 e. The van der Waals surface area contributed by atoms with Crippen LogP contribution in [0.5, 0.6) is 0 Å². The van der Waals surface area contributed by atoms with Gasteiger partial charge in [0.15, 0.2) is 0 Å². The fourth-order valence-electron chi connectivity index (χ4n) is 1.65. The van der Waals surface area contributed by atoms with Crippen molar-refractivity contribution in [2.75, 3.05) is 18.5 Å². The first-order chi connectivity index (χ1) is 9.54. The summed E-state index contributed by atoms with van der Waals surface area (Å²) >= 11 is 0. The predicted molar refractivity (Wildman–Crippen MR) is 73.0 cm³/mol. The number of nitrogens with two attached hydrogens (primary N) is 1. The summed E-state index contributed by atoms with van der Waals surface area (Å²) in [5.41, 5.74) is 2.56. The first kappa shape index (κ1) is 14.7. The van der Waals surface area contributed by atoms with Gasteiger partial charge in [0.05, 0.1) is 5.69 Å². The third-order valence-corrected chi connectivity index (χ3v) is 4.38. The van der Waals surface area contributed by atoms with Crippen LogP contribution in [0, 0.1) is 5.92 Å². The number of nitrogens with one attached hydrogen (secondary N) is 3. The minimum absolute atomic E-state index is 0.0186. The second-order valence-corrected chi connectivity index (χ2v) is 6.21. The van der Waals surface area contributed by atoms with Crippen LogP contribution in [0.3, 0.4) is 0 Å². The van der Waals surface area contributed by atoms with Crippen molar-refractivity contribution in [2.24, 2.45) is 11.8 Å². The molecule has 0 unspecified atom stereocenters. The summed E-state index contributed by atoms with van der Waals surface area (Å²) in [5, 5.41) is 2.68. The lowest BCUT2D eigenvalue weighted by Gasteiger charge is -2.10. The number of anilines is 1. The molecule has 8 nitrogen and oxygen atoms in total. The topological polar surface area (TPSA) is 126 Å². The van der Waals surface area contributed by atoms with Gasteiger partial charge in [-0.1, -0.05) is 0 Å². The van der Waals surface area contributed by atoms with Crippen molar-refractivity contribution >= 4 is 21.6 Å². The van der Waals surface area contributed by atoms with Gasteiger partial charge in [-0.25, -0.2) is 13.1 Å². The molecule has 20 heavy (non-hydrogen) atoms. The second kappa shape index (κ2) is 6.16. The lowest BCUT2D eigenvalue weighted by atomic mass is 10.4. The highest BCUT2D eigenvalue weighted by Gasteiger charge is 2.29. The van der Waals surface area contributed by atoms with E-state index in [9.17, 15) is 13.2 Å². The molecule has 1 aromatic heterocycles. The number of hydrazine groups is 1. The monoisotopic (exact) mass is 299 g/mol. The molecule has 9 heteroatoms. The van der Waals surface area contributed by atoms with Gasteiger partial charge >= 0.3 is 0 Å². The SMILES string of the molecule is NNc1ccncc1S(=O)(=O)NCCNC(=O)C1CC1. The molecule has 5 N–H and O–H groups in total. The molecular weight excluding hydrogens is 282 g/mol. The molecule has 0 radical (unpaired) electrons. The number of sulfonamides is 1. The molecule has 2 rings (SSSR count). The van der Waals surface area contributed by atoms with Crippen LogP contribution in [-0.2, 0) is 14.8 Å². The van der Waals surface area contributed by atoms with E-state index in [0.29, 0.717) is 0 Å². The molecule has 1 aliphatic rings. The molecule has 0 atom stereocenters. The van der Waals surface area contributed by atoms with Gasteiger partial charge in [0.1, 0.15) is 4.90 Å². The maximum absolute atomic E-state index is 12.0. The lowest BCUT2D eigenvalue weighted by molar-refractivity contribution is -0.122. The smallest absolute Gasteiger partial charge is 0.244 e. The van der Waals surface area contributed by atoms with Crippen LogP contribution in [0.4, 0.5) is 5.69 Å². The highest BCUT2D eigenvalue weighted by Crippen LogP contribution is 2.28. The van der Waals surface area contributed by atoms with E-state index in [2.05, 4.69) is 20.4 Å². The molecule has 110 valence electrons. The quantitative estimate of drug-likeness (QED) is 0.296. The average molecular weight is 299 g/mol. The molecule has 1 amide bonds. The summed E-state index contributed by atoms with van der Waals surface area (Å²) in [6.45, 7) is 0.361. The number of nitrogens with zero attached hydrogens (tertiary/aromatic N) is 1. The number of pyridine rings is 1. The third-order valence-electron chi connectivity index (χ3n) is 2.89. The van der Waals surface area contributed by atoms with Crippen molar-refractivity contribution in [3.63, 3.8) is 0 Å². The number of carbonyl (C=O) groups excluding carboxylic acids is 1. The summed E-state index contributed by atoms with van der Waals surface area (Å²) in [4.78, 5) is 15.1. The third kappa shape index (κ3) is 3.65. The van der Waals surface area contributed by atoms with Gasteiger partial charge in [0, 0.05) is 31.4 Å². The van der Waals surface area contributed by atoms with Crippen LogP contribution < -0.4 is 21.3 Å². The van der Waals surface area contributed by atoms with E-state index in [-0.39, 0.29) is 35.5 Å². The van der Waals surface area contributed by atoms with Gasteiger partial charge in [-0.3, -0.25) is 15.6 Å². The van der Waals surface area contributed by atoms with Crippen molar-refractivity contribution < 1.29 is 13.2 Å². The number of aromatic nitrogens is 1. The van der Waals surface area contributed by atoms with Crippen molar-refractivity contribution in [2.45, 2.75) is 17.7 Å². The van der Waals surface area contributed by atoms with E-state index in [1.54, 1.807) is 0 Å². The van der Waals surface area contributed by atoms with Gasteiger partial charge in [0.25, 0.3) is 0 Å². The van der Waals surface area contributed by atoms with Gasteiger partial charge in [-0.05, 0) is 18.9 Å². The average Bonchev–Trinajstić information content (AvgIpc) is 3.28. The maximum Gasteiger partial charge on any atom is 0.244 e. The van der Waals surface area contributed by atoms with E-state index < -0.39 is 10.0 Å². The van der Waals surface area contributed by atoms with E-state index in [1.807, 2.05) is 0 Å². The van der Waals surface area contributed by atoms with Crippen LogP contribution in [0.15, 0.2) is 23.4 Å². The zero-order chi connectivity index (χ0) is 14.6. The molecule has 0 aliphatic heterocycles. The number of hydrogen-bond acceptors (Lipinski definition) is 6. The number of carbonyl (C=O) groups is 1. The highest BCUT2D eigenvalue weighted by atomic mass is 32.2. The molecule has 1 aliphatic carbocycles. The standard InChI is InChI=1S/C11H17N5O3S/c12-16-9-3-4-13-7-10(9)20(18,19)15-6-5-14-11(17)8-1-2-8/h3-4,7-8,15H,1-2,5-6,12H2,(H,13,16)(H,14,17). The van der Waals surface area contributed by atoms with Crippen molar-refractivity contribution in [1.82, 2.24) is 15.0 Å². The Balaban J connectivity index is 1.88. The van der Waals surface area contributed by atoms with E-state index in [0.717, 1.165) is 12.8 Å². The van der Waals surface area contributed by atoms with Gasteiger partial charge in [-0.15, -0.1) is 0 Å². The van der Waals surface area contributed by atoms with Crippen LogP contribution in [0.1, 0.15) is 12.8 Å². The molecule has 1 fully saturated rings. The fourth-order valence-corrected chi connectivity index (χ4v) is 2.79. The molecule has 1 aromatic rings. The Hall–Kier alpha value is -1.71. The van der Waals surface area contributed by atoms with E-state index in [4.69, 9.17) is 5.84 Å². The maximum atomic E-state index is 12.0. The van der Waals surface area contributed by atoms with Crippen molar-refractivity contribution in [3.05, 3.63) is 18.5 Å². The molecule has 0 spiro atoms. The zero-order valence-electron chi connectivity index (χ0n) is 10.8. The predicted octanol–water partition coefficient (Wildman–Crippen LogP) is -0.828. The number of hydrogen-bond donors (Lipinski definition) is 4. The van der Waals surface area contributed by atoms with Crippen LogP contribution in [0.2, 0.25) is 0 Å².